The van der Waals surface area contributed by atoms with Gasteiger partial charge in [-0.1, -0.05) is 13.3 Å². The zero-order valence-electron chi connectivity index (χ0n) is 18.4. The first-order valence-corrected chi connectivity index (χ1v) is 12.2. The molecule has 0 atom stereocenters. The monoisotopic (exact) mass is 441 g/mol. The second kappa shape index (κ2) is 10.4. The highest BCUT2D eigenvalue weighted by atomic mass is 32.2. The first kappa shape index (κ1) is 24.4. The van der Waals surface area contributed by atoms with Crippen molar-refractivity contribution >= 4 is 21.4 Å². The Hall–Kier alpha value is -1.87. The number of nitrogens with one attached hydrogen (secondary N) is 2. The van der Waals surface area contributed by atoms with Gasteiger partial charge in [0, 0.05) is 12.6 Å². The van der Waals surface area contributed by atoms with E-state index in [0.717, 1.165) is 38.5 Å². The average Bonchev–Trinajstić information content (AvgIpc) is 2.67. The van der Waals surface area contributed by atoms with Crippen molar-refractivity contribution in [1.82, 2.24) is 4.72 Å². The number of benzene rings is 1. The Bertz CT molecular complexity index is 812. The number of nitro benzene ring substituents is 1. The lowest BCUT2D eigenvalue weighted by molar-refractivity contribution is -0.384. The van der Waals surface area contributed by atoms with Gasteiger partial charge in [0.2, 0.25) is 10.0 Å². The Morgan fingerprint density at radius 2 is 1.87 bits per heavy atom. The van der Waals surface area contributed by atoms with Crippen molar-refractivity contribution in [2.75, 3.05) is 18.5 Å². The van der Waals surface area contributed by atoms with Crippen LogP contribution in [0.3, 0.4) is 0 Å². The molecule has 1 aromatic rings. The van der Waals surface area contributed by atoms with Gasteiger partial charge in [0.15, 0.2) is 0 Å². The standard InChI is InChI=1S/C21H35N3O5S/c1-5-6-13-29-18-11-12-19(20(14-18)24(25)26)22-15-16-7-9-17(10-8-16)23-30(27,28)21(2,3)4/h11-12,14,16-17,22-23H,5-10,13,15H2,1-4H3. The summed E-state index contributed by atoms with van der Waals surface area (Å²) in [6, 6.07) is 4.88. The van der Waals surface area contributed by atoms with Crippen molar-refractivity contribution in [3.05, 3.63) is 28.3 Å². The minimum atomic E-state index is -3.35. The van der Waals surface area contributed by atoms with E-state index in [-0.39, 0.29) is 11.7 Å². The number of ether oxygens (including phenoxy) is 1. The Labute approximate surface area is 180 Å². The van der Waals surface area contributed by atoms with E-state index in [1.165, 1.54) is 6.07 Å². The normalized spacial score (nSPS) is 20.0. The van der Waals surface area contributed by atoms with E-state index in [1.807, 2.05) is 0 Å². The topological polar surface area (TPSA) is 111 Å². The van der Waals surface area contributed by atoms with E-state index in [9.17, 15) is 18.5 Å². The summed E-state index contributed by atoms with van der Waals surface area (Å²) in [5, 5.41) is 14.7. The van der Waals surface area contributed by atoms with E-state index in [2.05, 4.69) is 17.0 Å². The fourth-order valence-corrected chi connectivity index (χ4v) is 4.40. The molecule has 2 rings (SSSR count). The first-order valence-electron chi connectivity index (χ1n) is 10.7. The van der Waals surface area contributed by atoms with Crippen LogP contribution in [0.2, 0.25) is 0 Å². The fraction of sp³-hybridized carbons (Fsp3) is 0.714. The largest absolute Gasteiger partial charge is 0.493 e. The van der Waals surface area contributed by atoms with Gasteiger partial charge in [0.1, 0.15) is 11.4 Å². The molecule has 0 aliphatic heterocycles. The molecule has 0 saturated heterocycles. The van der Waals surface area contributed by atoms with Gasteiger partial charge in [-0.2, -0.15) is 0 Å². The predicted molar refractivity (Wildman–Crippen MR) is 120 cm³/mol. The van der Waals surface area contributed by atoms with Gasteiger partial charge in [0.05, 0.1) is 22.3 Å². The van der Waals surface area contributed by atoms with Crippen LogP contribution in [-0.4, -0.2) is 37.3 Å². The van der Waals surface area contributed by atoms with Crippen LogP contribution in [0.1, 0.15) is 66.2 Å². The van der Waals surface area contributed by atoms with Crippen molar-refractivity contribution in [3.63, 3.8) is 0 Å². The molecule has 0 spiro atoms. The van der Waals surface area contributed by atoms with Crippen molar-refractivity contribution in [1.29, 1.82) is 0 Å². The maximum atomic E-state index is 12.3. The molecule has 1 fully saturated rings. The summed E-state index contributed by atoms with van der Waals surface area (Å²) >= 11 is 0. The lowest BCUT2D eigenvalue weighted by Crippen LogP contribution is -2.46. The molecule has 0 aromatic heterocycles. The Balaban J connectivity index is 1.88. The van der Waals surface area contributed by atoms with E-state index < -0.39 is 19.7 Å². The molecule has 0 bridgehead atoms. The van der Waals surface area contributed by atoms with Crippen LogP contribution in [0.5, 0.6) is 5.75 Å². The molecule has 1 aromatic carbocycles. The Kier molecular flexibility index (Phi) is 8.49. The van der Waals surface area contributed by atoms with Crippen molar-refractivity contribution in [2.45, 2.75) is 77.0 Å². The lowest BCUT2D eigenvalue weighted by atomic mass is 9.86. The van der Waals surface area contributed by atoms with Crippen LogP contribution < -0.4 is 14.8 Å². The third kappa shape index (κ3) is 6.84. The second-order valence-corrected chi connectivity index (χ2v) is 11.4. The van der Waals surface area contributed by atoms with Crippen LogP contribution in [0.25, 0.3) is 0 Å². The van der Waals surface area contributed by atoms with E-state index in [0.29, 0.717) is 30.5 Å². The molecule has 0 unspecified atom stereocenters. The van der Waals surface area contributed by atoms with E-state index in [1.54, 1.807) is 32.9 Å². The average molecular weight is 442 g/mol. The van der Waals surface area contributed by atoms with Gasteiger partial charge in [-0.05, 0) is 70.9 Å². The van der Waals surface area contributed by atoms with E-state index in [4.69, 9.17) is 4.74 Å². The molecule has 0 heterocycles. The lowest BCUT2D eigenvalue weighted by Gasteiger charge is -2.31. The zero-order chi connectivity index (χ0) is 22.4. The van der Waals surface area contributed by atoms with Gasteiger partial charge < -0.3 is 10.1 Å². The summed E-state index contributed by atoms with van der Waals surface area (Å²) in [7, 11) is -3.35. The summed E-state index contributed by atoms with van der Waals surface area (Å²) in [6.45, 7) is 8.30. The molecular weight excluding hydrogens is 406 g/mol. The molecule has 30 heavy (non-hydrogen) atoms. The molecule has 1 aliphatic rings. The predicted octanol–water partition coefficient (Wildman–Crippen LogP) is 4.46. The quantitative estimate of drug-likeness (QED) is 0.315. The highest BCUT2D eigenvalue weighted by Crippen LogP contribution is 2.31. The molecule has 8 nitrogen and oxygen atoms in total. The number of sulfonamides is 1. The second-order valence-electron chi connectivity index (χ2n) is 8.97. The Morgan fingerprint density at radius 1 is 1.20 bits per heavy atom. The van der Waals surface area contributed by atoms with Gasteiger partial charge in [0.25, 0.3) is 5.69 Å². The fourth-order valence-electron chi connectivity index (χ4n) is 3.37. The maximum Gasteiger partial charge on any atom is 0.296 e. The highest BCUT2D eigenvalue weighted by molar-refractivity contribution is 7.90. The number of hydrogen-bond donors (Lipinski definition) is 2. The summed E-state index contributed by atoms with van der Waals surface area (Å²) in [6.07, 6.45) is 5.19. The Morgan fingerprint density at radius 3 is 2.43 bits per heavy atom. The molecule has 0 radical (unpaired) electrons. The summed E-state index contributed by atoms with van der Waals surface area (Å²) < 4.78 is 32.2. The SMILES string of the molecule is CCCCOc1ccc(NCC2CCC(NS(=O)(=O)C(C)(C)C)CC2)c([N+](=O)[O-])c1. The number of anilines is 1. The number of rotatable bonds is 10. The van der Waals surface area contributed by atoms with Crippen LogP contribution >= 0.6 is 0 Å². The molecule has 1 saturated carbocycles. The molecule has 0 amide bonds. The molecule has 1 aliphatic carbocycles. The minimum absolute atomic E-state index is 0.00983. The summed E-state index contributed by atoms with van der Waals surface area (Å²) in [4.78, 5) is 11.1. The number of hydrogen-bond acceptors (Lipinski definition) is 6. The molecule has 170 valence electrons. The van der Waals surface area contributed by atoms with Crippen molar-refractivity contribution in [3.8, 4) is 5.75 Å². The van der Waals surface area contributed by atoms with Crippen LogP contribution in [-0.2, 0) is 10.0 Å². The van der Waals surface area contributed by atoms with Gasteiger partial charge in [-0.15, -0.1) is 0 Å². The number of nitrogens with zero attached hydrogens (tertiary/aromatic N) is 1. The molecular formula is C21H35N3O5S. The van der Waals surface area contributed by atoms with Crippen molar-refractivity contribution < 1.29 is 18.1 Å². The third-order valence-corrected chi connectivity index (χ3v) is 7.74. The number of nitro groups is 1. The molecule has 2 N–H and O–H groups in total. The third-order valence-electron chi connectivity index (χ3n) is 5.49. The zero-order valence-corrected chi connectivity index (χ0v) is 19.3. The summed E-state index contributed by atoms with van der Waals surface area (Å²) in [5.41, 5.74) is 0.494. The van der Waals surface area contributed by atoms with Gasteiger partial charge >= 0.3 is 0 Å². The highest BCUT2D eigenvalue weighted by Gasteiger charge is 2.32. The van der Waals surface area contributed by atoms with E-state index >= 15 is 0 Å². The van der Waals surface area contributed by atoms with Crippen molar-refractivity contribution in [2.24, 2.45) is 5.92 Å². The minimum Gasteiger partial charge on any atom is -0.493 e. The van der Waals surface area contributed by atoms with Gasteiger partial charge in [-0.25, -0.2) is 13.1 Å². The van der Waals surface area contributed by atoms with Crippen LogP contribution in [0.15, 0.2) is 18.2 Å². The van der Waals surface area contributed by atoms with Crippen LogP contribution in [0.4, 0.5) is 11.4 Å². The maximum absolute atomic E-state index is 12.3. The smallest absolute Gasteiger partial charge is 0.296 e. The van der Waals surface area contributed by atoms with Crippen LogP contribution in [0, 0.1) is 16.0 Å². The summed E-state index contributed by atoms with van der Waals surface area (Å²) in [5.74, 6) is 0.854. The van der Waals surface area contributed by atoms with Gasteiger partial charge in [-0.3, -0.25) is 10.1 Å². The molecule has 9 heteroatoms. The number of unbranched alkanes of at least 4 members (excludes halogenated alkanes) is 1. The first-order chi connectivity index (χ1) is 14.0.